The van der Waals surface area contributed by atoms with Gasteiger partial charge in [-0.15, -0.1) is 0 Å². The zero-order chi connectivity index (χ0) is 27.7. The number of benzene rings is 2. The number of hydrogen-bond donors (Lipinski definition) is 3. The molecule has 11 nitrogen and oxygen atoms in total. The van der Waals surface area contributed by atoms with E-state index in [0.29, 0.717) is 49.8 Å². The predicted octanol–water partition coefficient (Wildman–Crippen LogP) is 1.00. The zero-order valence-electron chi connectivity index (χ0n) is 21.6. The summed E-state index contributed by atoms with van der Waals surface area (Å²) in [7, 11) is -7.44. The monoisotopic (exact) mass is 581 g/mol. The highest BCUT2D eigenvalue weighted by Crippen LogP contribution is 2.38. The topological polar surface area (TPSA) is 157 Å². The largest absolute Gasteiger partial charge is 0.493 e. The van der Waals surface area contributed by atoms with Crippen LogP contribution in [0.15, 0.2) is 52.3 Å². The first-order valence-corrected chi connectivity index (χ1v) is 16.1. The minimum absolute atomic E-state index is 0.0224. The number of fused-ring (bicyclic) bond motifs is 1. The number of nitrogens with two attached hydrogens (primary N) is 1. The molecule has 2 saturated heterocycles. The number of primary sulfonamides is 1. The smallest absolute Gasteiger partial charge is 0.243 e. The van der Waals surface area contributed by atoms with E-state index in [1.54, 1.807) is 28.6 Å². The number of ether oxygens (including phenoxy) is 3. The fourth-order valence-corrected chi connectivity index (χ4v) is 7.44. The van der Waals surface area contributed by atoms with Gasteiger partial charge >= 0.3 is 0 Å². The van der Waals surface area contributed by atoms with Crippen molar-refractivity contribution in [3.63, 3.8) is 0 Å². The Morgan fingerprint density at radius 3 is 2.69 bits per heavy atom. The highest BCUT2D eigenvalue weighted by molar-refractivity contribution is 7.89. The van der Waals surface area contributed by atoms with Gasteiger partial charge in [0.1, 0.15) is 24.2 Å². The lowest BCUT2D eigenvalue weighted by Gasteiger charge is -2.38. The summed E-state index contributed by atoms with van der Waals surface area (Å²) in [6.45, 7) is 2.14. The van der Waals surface area contributed by atoms with Gasteiger partial charge in [0.25, 0.3) is 0 Å². The molecule has 3 aliphatic heterocycles. The van der Waals surface area contributed by atoms with Crippen molar-refractivity contribution in [2.45, 2.75) is 59.6 Å². The van der Waals surface area contributed by atoms with Crippen LogP contribution in [0, 0.1) is 0 Å². The van der Waals surface area contributed by atoms with Crippen LogP contribution < -0.4 is 19.9 Å². The third-order valence-electron chi connectivity index (χ3n) is 7.58. The summed E-state index contributed by atoms with van der Waals surface area (Å²) in [6.07, 6.45) is 2.80. The van der Waals surface area contributed by atoms with Gasteiger partial charge in [-0.1, -0.05) is 6.07 Å². The van der Waals surface area contributed by atoms with Crippen molar-refractivity contribution in [3.05, 3.63) is 48.0 Å². The Labute approximate surface area is 229 Å². The maximum absolute atomic E-state index is 13.3. The van der Waals surface area contributed by atoms with E-state index >= 15 is 0 Å². The molecule has 39 heavy (non-hydrogen) atoms. The van der Waals surface area contributed by atoms with Crippen molar-refractivity contribution in [3.8, 4) is 11.5 Å². The second-order valence-electron chi connectivity index (χ2n) is 10.4. The summed E-state index contributed by atoms with van der Waals surface area (Å²) in [4.78, 5) is 0.249. The lowest BCUT2D eigenvalue weighted by Crippen LogP contribution is -2.47. The molecule has 2 aromatic carbocycles. The van der Waals surface area contributed by atoms with E-state index in [2.05, 4.69) is 5.32 Å². The van der Waals surface area contributed by atoms with E-state index in [0.717, 1.165) is 30.6 Å². The van der Waals surface area contributed by atoms with Crippen LogP contribution in [0.4, 0.5) is 0 Å². The minimum atomic E-state index is -3.84. The van der Waals surface area contributed by atoms with Crippen molar-refractivity contribution < 1.29 is 36.2 Å². The van der Waals surface area contributed by atoms with Crippen LogP contribution in [0.5, 0.6) is 11.5 Å². The van der Waals surface area contributed by atoms with Crippen molar-refractivity contribution in [2.75, 3.05) is 39.5 Å². The fourth-order valence-electron chi connectivity index (χ4n) is 5.40. The lowest BCUT2D eigenvalue weighted by atomic mass is 9.88. The summed E-state index contributed by atoms with van der Waals surface area (Å²) in [5.41, 5.74) is 0.552. The second kappa shape index (κ2) is 11.3. The SMILES string of the molecule is NS(=O)(=O)c1cccc(OCC(O)CN[C@H]2COC3(CCN(S(=O)(=O)c4ccc5c(c4)CCCO5)CC3)C2)c1. The van der Waals surface area contributed by atoms with Crippen LogP contribution in [0.1, 0.15) is 31.2 Å². The fraction of sp³-hybridized carbons (Fsp3) is 0.538. The number of aliphatic hydroxyl groups is 1. The molecule has 2 aromatic rings. The zero-order valence-corrected chi connectivity index (χ0v) is 23.3. The first kappa shape index (κ1) is 28.3. The first-order chi connectivity index (χ1) is 18.5. The van der Waals surface area contributed by atoms with Crippen molar-refractivity contribution in [2.24, 2.45) is 5.14 Å². The maximum Gasteiger partial charge on any atom is 0.243 e. The molecular formula is C26H35N3O8S2. The Balaban J connectivity index is 1.08. The molecule has 4 N–H and O–H groups in total. The third-order valence-corrected chi connectivity index (χ3v) is 10.4. The van der Waals surface area contributed by atoms with Crippen molar-refractivity contribution in [1.29, 1.82) is 0 Å². The molecule has 5 rings (SSSR count). The minimum Gasteiger partial charge on any atom is -0.493 e. The summed E-state index contributed by atoms with van der Waals surface area (Å²) in [5, 5.41) is 18.8. The van der Waals surface area contributed by atoms with E-state index in [1.165, 1.54) is 18.2 Å². The number of aliphatic hydroxyl groups excluding tert-OH is 1. The molecular weight excluding hydrogens is 546 g/mol. The normalized spacial score (nSPS) is 22.3. The van der Waals surface area contributed by atoms with Crippen molar-refractivity contribution >= 4 is 20.0 Å². The Hall–Kier alpha value is -2.26. The standard InChI is InChI=1S/C26H35N3O8S2/c27-38(31,32)23-5-1-4-22(14-23)36-18-21(30)16-28-20-15-26(37-17-20)8-10-29(11-9-26)39(33,34)24-6-7-25-19(13-24)3-2-12-35-25/h1,4-7,13-14,20-21,28,30H,2-3,8-12,15-18H2,(H2,27,31,32)/t20-,21?/m1/s1. The number of rotatable bonds is 9. The summed E-state index contributed by atoms with van der Waals surface area (Å²) >= 11 is 0. The van der Waals surface area contributed by atoms with E-state index in [-0.39, 0.29) is 29.7 Å². The van der Waals surface area contributed by atoms with Gasteiger partial charge in [0.05, 0.1) is 28.6 Å². The molecule has 1 unspecified atom stereocenters. The number of nitrogens with zero attached hydrogens (tertiary/aromatic N) is 1. The first-order valence-electron chi connectivity index (χ1n) is 13.1. The van der Waals surface area contributed by atoms with Crippen LogP contribution in [0.25, 0.3) is 0 Å². The van der Waals surface area contributed by atoms with Gasteiger partial charge in [-0.05, 0) is 68.0 Å². The van der Waals surface area contributed by atoms with Crippen molar-refractivity contribution in [1.82, 2.24) is 9.62 Å². The molecule has 3 aliphatic rings. The quantitative estimate of drug-likeness (QED) is 0.393. The van der Waals surface area contributed by atoms with Crippen LogP contribution >= 0.6 is 0 Å². The second-order valence-corrected chi connectivity index (χ2v) is 13.9. The molecule has 2 atom stereocenters. The number of aryl methyl sites for hydroxylation is 1. The summed E-state index contributed by atoms with van der Waals surface area (Å²) < 4.78 is 68.4. The molecule has 1 spiro atoms. The number of piperidine rings is 1. The van der Waals surface area contributed by atoms with Gasteiger partial charge < -0.3 is 24.6 Å². The predicted molar refractivity (Wildman–Crippen MR) is 143 cm³/mol. The van der Waals surface area contributed by atoms with Crippen LogP contribution in [-0.4, -0.2) is 83.4 Å². The molecule has 0 amide bonds. The molecule has 0 radical (unpaired) electrons. The Morgan fingerprint density at radius 1 is 1.13 bits per heavy atom. The van der Waals surface area contributed by atoms with Gasteiger partial charge in [0, 0.05) is 31.7 Å². The van der Waals surface area contributed by atoms with Gasteiger partial charge in [0.15, 0.2) is 0 Å². The highest BCUT2D eigenvalue weighted by atomic mass is 32.2. The molecule has 214 valence electrons. The average Bonchev–Trinajstić information content (AvgIpc) is 3.32. The molecule has 0 bridgehead atoms. The van der Waals surface area contributed by atoms with Gasteiger partial charge in [-0.25, -0.2) is 22.0 Å². The Morgan fingerprint density at radius 2 is 1.92 bits per heavy atom. The van der Waals surface area contributed by atoms with E-state index in [1.807, 2.05) is 0 Å². The Bertz CT molecular complexity index is 1390. The molecule has 13 heteroatoms. The maximum atomic E-state index is 13.3. The van der Waals surface area contributed by atoms with E-state index in [9.17, 15) is 21.9 Å². The summed E-state index contributed by atoms with van der Waals surface area (Å²) in [6, 6.07) is 11.0. The molecule has 0 saturated carbocycles. The summed E-state index contributed by atoms with van der Waals surface area (Å²) in [5.74, 6) is 1.07. The van der Waals surface area contributed by atoms with E-state index in [4.69, 9.17) is 19.3 Å². The average molecular weight is 582 g/mol. The van der Waals surface area contributed by atoms with Gasteiger partial charge in [-0.3, -0.25) is 0 Å². The van der Waals surface area contributed by atoms with Crippen LogP contribution in [-0.2, 0) is 31.2 Å². The van der Waals surface area contributed by atoms with Gasteiger partial charge in [-0.2, -0.15) is 4.31 Å². The van der Waals surface area contributed by atoms with Gasteiger partial charge in [0.2, 0.25) is 20.0 Å². The molecule has 2 fully saturated rings. The lowest BCUT2D eigenvalue weighted by molar-refractivity contribution is -0.0312. The number of hydrogen-bond acceptors (Lipinski definition) is 9. The Kier molecular flexibility index (Phi) is 8.20. The van der Waals surface area contributed by atoms with Crippen LogP contribution in [0.3, 0.4) is 0 Å². The molecule has 3 heterocycles. The number of sulfonamides is 2. The van der Waals surface area contributed by atoms with E-state index < -0.39 is 26.2 Å². The molecule has 0 aliphatic carbocycles. The van der Waals surface area contributed by atoms with Crippen LogP contribution in [0.2, 0.25) is 0 Å². The number of nitrogens with one attached hydrogen (secondary N) is 1. The third kappa shape index (κ3) is 6.56. The highest BCUT2D eigenvalue weighted by Gasteiger charge is 2.44. The molecule has 0 aromatic heterocycles.